The smallest absolute Gasteiger partial charge is 0.133 e. The summed E-state index contributed by atoms with van der Waals surface area (Å²) in [7, 11) is 0. The Labute approximate surface area is 104 Å². The van der Waals surface area contributed by atoms with E-state index in [9.17, 15) is 9.90 Å². The molecule has 3 heteroatoms. The second kappa shape index (κ2) is 5.78. The Bertz CT molecular complexity index is 305. The van der Waals surface area contributed by atoms with Crippen LogP contribution in [0.25, 0.3) is 0 Å². The first kappa shape index (κ1) is 14.4. The number of aliphatic hydroxyl groups is 1. The maximum absolute atomic E-state index is 11.3. The van der Waals surface area contributed by atoms with Crippen LogP contribution in [0.2, 0.25) is 0 Å². The minimum absolute atomic E-state index is 0.299. The van der Waals surface area contributed by atoms with Gasteiger partial charge in [-0.15, -0.1) is 0 Å². The fourth-order valence-corrected chi connectivity index (χ4v) is 2.49. The van der Waals surface area contributed by atoms with Gasteiger partial charge in [-0.1, -0.05) is 11.6 Å². The lowest BCUT2D eigenvalue weighted by Gasteiger charge is -2.30. The highest BCUT2D eigenvalue weighted by Crippen LogP contribution is 2.33. The predicted octanol–water partition coefficient (Wildman–Crippen LogP) is 2.18. The highest BCUT2D eigenvalue weighted by Gasteiger charge is 2.34. The first-order valence-electron chi connectivity index (χ1n) is 6.45. The highest BCUT2D eigenvalue weighted by atomic mass is 16.3. The van der Waals surface area contributed by atoms with Crippen LogP contribution in [0, 0.1) is 5.92 Å². The second-order valence-corrected chi connectivity index (χ2v) is 5.79. The Kier molecular flexibility index (Phi) is 4.90. The molecule has 1 aliphatic carbocycles. The van der Waals surface area contributed by atoms with Gasteiger partial charge in [-0.3, -0.25) is 4.79 Å². The zero-order valence-electron chi connectivity index (χ0n) is 11.2. The summed E-state index contributed by atoms with van der Waals surface area (Å²) in [6.45, 7) is 5.83. The predicted molar refractivity (Wildman–Crippen MR) is 69.6 cm³/mol. The topological polar surface area (TPSA) is 63.3 Å². The van der Waals surface area contributed by atoms with E-state index in [-0.39, 0.29) is 11.6 Å². The van der Waals surface area contributed by atoms with Crippen LogP contribution in [-0.4, -0.2) is 22.5 Å². The van der Waals surface area contributed by atoms with Crippen LogP contribution in [0.4, 0.5) is 0 Å². The van der Waals surface area contributed by atoms with Gasteiger partial charge in [-0.2, -0.15) is 0 Å². The lowest BCUT2D eigenvalue weighted by Crippen LogP contribution is -2.42. The molecule has 0 spiro atoms. The number of Topliss-reactive ketones (excluding diaryl/α,β-unsaturated/α-hetero) is 1. The average Bonchev–Trinajstić information content (AvgIpc) is 2.62. The van der Waals surface area contributed by atoms with Gasteiger partial charge in [-0.25, -0.2) is 0 Å². The standard InChI is InChI=1S/C14H25NO2/c1-10(8-11(2)16)6-7-14(3,15)12-4-5-13(17)9-12/h6,11-12,16H,4-5,7-9,15H2,1-3H3/b10-6+/t11?,12-,14-/m1/s1. The van der Waals surface area contributed by atoms with Gasteiger partial charge in [0, 0.05) is 18.4 Å². The fourth-order valence-electron chi connectivity index (χ4n) is 2.49. The summed E-state index contributed by atoms with van der Waals surface area (Å²) >= 11 is 0. The first-order chi connectivity index (χ1) is 7.81. The molecule has 0 bridgehead atoms. The van der Waals surface area contributed by atoms with Gasteiger partial charge >= 0.3 is 0 Å². The summed E-state index contributed by atoms with van der Waals surface area (Å²) in [5, 5.41) is 9.28. The molecule has 3 N–H and O–H groups in total. The van der Waals surface area contributed by atoms with Crippen molar-refractivity contribution in [3.05, 3.63) is 11.6 Å². The van der Waals surface area contributed by atoms with Crippen molar-refractivity contribution in [3.8, 4) is 0 Å². The van der Waals surface area contributed by atoms with E-state index in [2.05, 4.69) is 6.08 Å². The van der Waals surface area contributed by atoms with Crippen LogP contribution in [-0.2, 0) is 4.79 Å². The second-order valence-electron chi connectivity index (χ2n) is 5.79. The summed E-state index contributed by atoms with van der Waals surface area (Å²) in [4.78, 5) is 11.3. The molecule has 1 rings (SSSR count). The van der Waals surface area contributed by atoms with E-state index in [0.717, 1.165) is 12.8 Å². The van der Waals surface area contributed by atoms with Gasteiger partial charge in [0.2, 0.25) is 0 Å². The molecule has 1 fully saturated rings. The first-order valence-corrected chi connectivity index (χ1v) is 6.45. The maximum atomic E-state index is 11.3. The molecule has 0 aliphatic heterocycles. The van der Waals surface area contributed by atoms with E-state index in [1.165, 1.54) is 5.57 Å². The van der Waals surface area contributed by atoms with Gasteiger partial charge in [0.1, 0.15) is 5.78 Å². The van der Waals surface area contributed by atoms with Gasteiger partial charge < -0.3 is 10.8 Å². The summed E-state index contributed by atoms with van der Waals surface area (Å²) in [5.74, 6) is 0.655. The van der Waals surface area contributed by atoms with Crippen LogP contribution in [0.1, 0.15) is 52.9 Å². The molecule has 0 heterocycles. The molecular weight excluding hydrogens is 214 g/mol. The van der Waals surface area contributed by atoms with E-state index < -0.39 is 0 Å². The summed E-state index contributed by atoms with van der Waals surface area (Å²) in [6.07, 6.45) is 5.53. The van der Waals surface area contributed by atoms with Crippen molar-refractivity contribution in [3.63, 3.8) is 0 Å². The molecule has 0 saturated heterocycles. The summed E-state index contributed by atoms with van der Waals surface area (Å²) in [6, 6.07) is 0. The van der Waals surface area contributed by atoms with Crippen molar-refractivity contribution in [1.82, 2.24) is 0 Å². The molecule has 0 aromatic carbocycles. The Hall–Kier alpha value is -0.670. The molecular formula is C14H25NO2. The van der Waals surface area contributed by atoms with Gasteiger partial charge in [0.25, 0.3) is 0 Å². The number of hydrogen-bond acceptors (Lipinski definition) is 3. The number of aliphatic hydroxyl groups excluding tert-OH is 1. The lowest BCUT2D eigenvalue weighted by molar-refractivity contribution is -0.117. The van der Waals surface area contributed by atoms with E-state index in [0.29, 0.717) is 31.0 Å². The Morgan fingerprint density at radius 3 is 2.82 bits per heavy atom. The molecule has 0 amide bonds. The summed E-state index contributed by atoms with van der Waals surface area (Å²) < 4.78 is 0. The molecule has 1 saturated carbocycles. The van der Waals surface area contributed by atoms with Gasteiger partial charge in [0.15, 0.2) is 0 Å². The third-order valence-electron chi connectivity index (χ3n) is 3.69. The van der Waals surface area contributed by atoms with E-state index in [1.54, 1.807) is 6.92 Å². The number of hydrogen-bond donors (Lipinski definition) is 2. The van der Waals surface area contributed by atoms with E-state index in [1.807, 2.05) is 13.8 Å². The molecule has 3 nitrogen and oxygen atoms in total. The molecule has 1 aliphatic rings. The van der Waals surface area contributed by atoms with Crippen molar-refractivity contribution in [1.29, 1.82) is 0 Å². The SMILES string of the molecule is C/C(=C\C[C@@](C)(N)[C@@H]1CCC(=O)C1)CC(C)O. The Morgan fingerprint density at radius 2 is 2.35 bits per heavy atom. The Balaban J connectivity index is 2.51. The molecule has 3 atom stereocenters. The molecule has 0 radical (unpaired) electrons. The highest BCUT2D eigenvalue weighted by molar-refractivity contribution is 5.80. The third kappa shape index (κ3) is 4.60. The van der Waals surface area contributed by atoms with E-state index >= 15 is 0 Å². The number of nitrogens with two attached hydrogens (primary N) is 1. The monoisotopic (exact) mass is 239 g/mol. The van der Waals surface area contributed by atoms with Crippen LogP contribution in [0.3, 0.4) is 0 Å². The largest absolute Gasteiger partial charge is 0.393 e. The number of ketones is 1. The van der Waals surface area contributed by atoms with Crippen LogP contribution < -0.4 is 5.73 Å². The molecule has 1 unspecified atom stereocenters. The fraction of sp³-hybridized carbons (Fsp3) is 0.786. The van der Waals surface area contributed by atoms with Gasteiger partial charge in [0.05, 0.1) is 6.10 Å². The minimum atomic E-state index is -0.302. The molecule has 0 aromatic heterocycles. The van der Waals surface area contributed by atoms with E-state index in [4.69, 9.17) is 5.73 Å². The minimum Gasteiger partial charge on any atom is -0.393 e. The lowest BCUT2D eigenvalue weighted by atomic mass is 9.82. The molecule has 98 valence electrons. The molecule has 0 aromatic rings. The van der Waals surface area contributed by atoms with Crippen LogP contribution in [0.5, 0.6) is 0 Å². The van der Waals surface area contributed by atoms with Crippen molar-refractivity contribution in [2.45, 2.75) is 64.5 Å². The van der Waals surface area contributed by atoms with Crippen LogP contribution >= 0.6 is 0 Å². The zero-order valence-corrected chi connectivity index (χ0v) is 11.2. The normalized spacial score (nSPS) is 27.0. The van der Waals surface area contributed by atoms with Gasteiger partial charge in [-0.05, 0) is 46.0 Å². The van der Waals surface area contributed by atoms with Crippen molar-refractivity contribution >= 4 is 5.78 Å². The number of carbonyl (C=O) groups excluding carboxylic acids is 1. The number of carbonyl (C=O) groups is 1. The van der Waals surface area contributed by atoms with Crippen molar-refractivity contribution in [2.24, 2.45) is 11.7 Å². The van der Waals surface area contributed by atoms with Crippen molar-refractivity contribution < 1.29 is 9.90 Å². The maximum Gasteiger partial charge on any atom is 0.133 e. The quantitative estimate of drug-likeness (QED) is 0.723. The van der Waals surface area contributed by atoms with Crippen LogP contribution in [0.15, 0.2) is 11.6 Å². The molecule has 17 heavy (non-hydrogen) atoms. The Morgan fingerprint density at radius 1 is 1.71 bits per heavy atom. The summed E-state index contributed by atoms with van der Waals surface area (Å²) in [5.41, 5.74) is 7.17. The number of rotatable bonds is 5. The zero-order chi connectivity index (χ0) is 13.1. The average molecular weight is 239 g/mol. The van der Waals surface area contributed by atoms with Crippen molar-refractivity contribution in [2.75, 3.05) is 0 Å². The third-order valence-corrected chi connectivity index (χ3v) is 3.69.